The maximum absolute atomic E-state index is 13.5. The Morgan fingerprint density at radius 2 is 1.65 bits per heavy atom. The molecule has 1 atom stereocenters. The van der Waals surface area contributed by atoms with Crippen LogP contribution in [0.3, 0.4) is 0 Å². The van der Waals surface area contributed by atoms with Crippen LogP contribution in [-0.2, 0) is 13.5 Å². The average molecular weight is 466 g/mol. The van der Waals surface area contributed by atoms with Gasteiger partial charge in [0.2, 0.25) is 0 Å². The molecule has 2 heterocycles. The highest BCUT2D eigenvalue weighted by Gasteiger charge is 2.34. The van der Waals surface area contributed by atoms with Crippen molar-refractivity contribution in [3.05, 3.63) is 75.7 Å². The predicted octanol–water partition coefficient (Wildman–Crippen LogP) is 2.62. The first kappa shape index (κ1) is 23.2. The van der Waals surface area contributed by atoms with Crippen LogP contribution in [0.5, 0.6) is 23.0 Å². The molecule has 9 nitrogen and oxygen atoms in total. The monoisotopic (exact) mass is 465 g/mol. The largest absolute Gasteiger partial charge is 0.497 e. The lowest BCUT2D eigenvalue weighted by Crippen LogP contribution is -2.43. The van der Waals surface area contributed by atoms with E-state index >= 15 is 0 Å². The number of hydrogen-bond acceptors (Lipinski definition) is 7. The molecule has 0 saturated carbocycles. The molecule has 1 aliphatic rings. The van der Waals surface area contributed by atoms with Gasteiger partial charge in [-0.1, -0.05) is 0 Å². The molecule has 0 spiro atoms. The number of ether oxygens (including phenoxy) is 4. The van der Waals surface area contributed by atoms with Gasteiger partial charge in [-0.15, -0.1) is 0 Å². The second kappa shape index (κ2) is 9.86. The molecule has 9 heteroatoms. The van der Waals surface area contributed by atoms with Crippen LogP contribution in [0.25, 0.3) is 0 Å². The van der Waals surface area contributed by atoms with Gasteiger partial charge in [-0.25, -0.2) is 4.68 Å². The van der Waals surface area contributed by atoms with Crippen LogP contribution in [0.15, 0.2) is 53.3 Å². The number of fused-ring (bicyclic) bond motifs is 1. The van der Waals surface area contributed by atoms with Crippen molar-refractivity contribution in [2.75, 3.05) is 34.5 Å². The Balaban J connectivity index is 1.70. The van der Waals surface area contributed by atoms with E-state index < -0.39 is 6.04 Å². The molecule has 1 amide bonds. The summed E-state index contributed by atoms with van der Waals surface area (Å²) in [4.78, 5) is 27.0. The van der Waals surface area contributed by atoms with Crippen LogP contribution in [0, 0.1) is 0 Å². The van der Waals surface area contributed by atoms with Crippen LogP contribution in [-0.4, -0.2) is 55.1 Å². The van der Waals surface area contributed by atoms with Crippen molar-refractivity contribution in [3.63, 3.8) is 0 Å². The Morgan fingerprint density at radius 1 is 0.971 bits per heavy atom. The zero-order valence-corrected chi connectivity index (χ0v) is 19.6. The summed E-state index contributed by atoms with van der Waals surface area (Å²) in [5.74, 6) is 2.31. The molecule has 4 rings (SSSR count). The summed E-state index contributed by atoms with van der Waals surface area (Å²) in [5, 5.41) is 4.15. The van der Waals surface area contributed by atoms with Crippen LogP contribution < -0.4 is 24.5 Å². The van der Waals surface area contributed by atoms with E-state index in [0.29, 0.717) is 30.2 Å². The highest BCUT2D eigenvalue weighted by molar-refractivity contribution is 5.92. The van der Waals surface area contributed by atoms with E-state index in [0.717, 1.165) is 21.6 Å². The molecule has 0 aliphatic carbocycles. The van der Waals surface area contributed by atoms with Gasteiger partial charge in [-0.05, 0) is 60.0 Å². The maximum atomic E-state index is 13.5. The minimum absolute atomic E-state index is 0.195. The van der Waals surface area contributed by atoms with Gasteiger partial charge in [0, 0.05) is 19.7 Å². The summed E-state index contributed by atoms with van der Waals surface area (Å²) in [5.41, 5.74) is 1.88. The summed E-state index contributed by atoms with van der Waals surface area (Å²) in [7, 11) is 6.30. The molecular weight excluding hydrogens is 438 g/mol. The van der Waals surface area contributed by atoms with Crippen LogP contribution in [0.1, 0.15) is 27.7 Å². The molecule has 3 aromatic rings. The second-order valence-electron chi connectivity index (χ2n) is 7.84. The highest BCUT2D eigenvalue weighted by Crippen LogP contribution is 2.39. The summed E-state index contributed by atoms with van der Waals surface area (Å²) < 4.78 is 23.4. The maximum Gasteiger partial charge on any atom is 0.274 e. The van der Waals surface area contributed by atoms with Gasteiger partial charge >= 0.3 is 0 Å². The Bertz CT molecular complexity index is 1240. The van der Waals surface area contributed by atoms with E-state index in [1.165, 1.54) is 19.2 Å². The standard InChI is InChI=1S/C25H27N3O6/c1-27-24(29)10-9-20(26-27)25(30)28-12-11-16-13-22(32-3)23(33-4)14-19(16)21(28)15-34-18-7-5-17(31-2)6-8-18/h5-10,13-14,21H,11-12,15H2,1-4H3. The number of aromatic nitrogens is 2. The second-order valence-corrected chi connectivity index (χ2v) is 7.84. The molecule has 0 radical (unpaired) electrons. The number of carbonyl (C=O) groups is 1. The number of amides is 1. The first-order valence-corrected chi connectivity index (χ1v) is 10.8. The summed E-state index contributed by atoms with van der Waals surface area (Å²) in [6, 6.07) is 13.5. The van der Waals surface area contributed by atoms with Crippen molar-refractivity contribution >= 4 is 5.91 Å². The lowest BCUT2D eigenvalue weighted by Gasteiger charge is -2.37. The van der Waals surface area contributed by atoms with Gasteiger partial charge in [0.05, 0.1) is 27.4 Å². The van der Waals surface area contributed by atoms with Gasteiger partial charge < -0.3 is 23.8 Å². The molecule has 1 aromatic heterocycles. The fraction of sp³-hybridized carbons (Fsp3) is 0.320. The molecule has 0 bridgehead atoms. The molecule has 1 aliphatic heterocycles. The third-order valence-electron chi connectivity index (χ3n) is 5.91. The zero-order valence-electron chi connectivity index (χ0n) is 19.6. The van der Waals surface area contributed by atoms with Crippen molar-refractivity contribution in [2.45, 2.75) is 12.5 Å². The fourth-order valence-corrected chi connectivity index (χ4v) is 4.06. The molecule has 178 valence electrons. The van der Waals surface area contributed by atoms with E-state index in [9.17, 15) is 9.59 Å². The number of nitrogens with zero attached hydrogens (tertiary/aromatic N) is 3. The Hall–Kier alpha value is -4.01. The first-order valence-electron chi connectivity index (χ1n) is 10.8. The first-order chi connectivity index (χ1) is 16.4. The normalized spacial score (nSPS) is 14.8. The fourth-order valence-electron chi connectivity index (χ4n) is 4.06. The number of carbonyl (C=O) groups excluding carboxylic acids is 1. The lowest BCUT2D eigenvalue weighted by molar-refractivity contribution is 0.0580. The van der Waals surface area contributed by atoms with Crippen LogP contribution >= 0.6 is 0 Å². The van der Waals surface area contributed by atoms with Crippen molar-refractivity contribution in [1.29, 1.82) is 0 Å². The number of hydrogen-bond donors (Lipinski definition) is 0. The van der Waals surface area contributed by atoms with Gasteiger partial charge in [-0.2, -0.15) is 5.10 Å². The van der Waals surface area contributed by atoms with Gasteiger partial charge in [0.25, 0.3) is 11.5 Å². The summed E-state index contributed by atoms with van der Waals surface area (Å²) >= 11 is 0. The molecule has 0 saturated heterocycles. The number of aryl methyl sites for hydroxylation is 1. The van der Waals surface area contributed by atoms with Crippen LogP contribution in [0.4, 0.5) is 0 Å². The third-order valence-corrected chi connectivity index (χ3v) is 5.91. The van der Waals surface area contributed by atoms with Gasteiger partial charge in [0.15, 0.2) is 11.5 Å². The quantitative estimate of drug-likeness (QED) is 0.530. The smallest absolute Gasteiger partial charge is 0.274 e. The Morgan fingerprint density at radius 3 is 2.29 bits per heavy atom. The molecule has 2 aromatic carbocycles. The predicted molar refractivity (Wildman–Crippen MR) is 125 cm³/mol. The van der Waals surface area contributed by atoms with Crippen molar-refractivity contribution in [1.82, 2.24) is 14.7 Å². The molecule has 1 unspecified atom stereocenters. The topological polar surface area (TPSA) is 92.1 Å². The lowest BCUT2D eigenvalue weighted by atomic mass is 9.91. The summed E-state index contributed by atoms with van der Waals surface area (Å²) in [6.45, 7) is 0.675. The molecule has 0 fully saturated rings. The van der Waals surface area contributed by atoms with E-state index in [4.69, 9.17) is 18.9 Å². The van der Waals surface area contributed by atoms with Gasteiger partial charge in [-0.3, -0.25) is 9.59 Å². The zero-order chi connectivity index (χ0) is 24.2. The highest BCUT2D eigenvalue weighted by atomic mass is 16.5. The molecular formula is C25H27N3O6. The minimum Gasteiger partial charge on any atom is -0.497 e. The minimum atomic E-state index is -0.405. The van der Waals surface area contributed by atoms with E-state index in [2.05, 4.69) is 5.10 Å². The SMILES string of the molecule is COc1ccc(OCC2c3cc(OC)c(OC)cc3CCN2C(=O)c2ccc(=O)n(C)n2)cc1. The number of benzene rings is 2. The molecule has 34 heavy (non-hydrogen) atoms. The average Bonchev–Trinajstić information content (AvgIpc) is 2.87. The van der Waals surface area contributed by atoms with E-state index in [1.807, 2.05) is 36.4 Å². The number of methoxy groups -OCH3 is 3. The molecule has 0 N–H and O–H groups in total. The van der Waals surface area contributed by atoms with Crippen molar-refractivity contribution in [3.8, 4) is 23.0 Å². The summed E-state index contributed by atoms with van der Waals surface area (Å²) in [6.07, 6.45) is 0.631. The van der Waals surface area contributed by atoms with E-state index in [1.54, 1.807) is 26.2 Å². The van der Waals surface area contributed by atoms with Gasteiger partial charge in [0.1, 0.15) is 23.8 Å². The number of rotatable bonds is 7. The van der Waals surface area contributed by atoms with Crippen LogP contribution in [0.2, 0.25) is 0 Å². The Labute approximate surface area is 197 Å². The van der Waals surface area contributed by atoms with E-state index in [-0.39, 0.29) is 23.8 Å². The Kier molecular flexibility index (Phi) is 6.72. The third kappa shape index (κ3) is 4.54. The van der Waals surface area contributed by atoms with Crippen molar-refractivity contribution in [2.24, 2.45) is 7.05 Å². The van der Waals surface area contributed by atoms with Crippen molar-refractivity contribution < 1.29 is 23.7 Å².